The van der Waals surface area contributed by atoms with Crippen LogP contribution in [0.3, 0.4) is 0 Å². The van der Waals surface area contributed by atoms with Crippen molar-refractivity contribution in [2.75, 3.05) is 0 Å². The van der Waals surface area contributed by atoms with E-state index in [0.29, 0.717) is 12.0 Å². The van der Waals surface area contributed by atoms with Gasteiger partial charge in [-0.05, 0) is 26.7 Å². The summed E-state index contributed by atoms with van der Waals surface area (Å²) in [7, 11) is 0. The fraction of sp³-hybridized carbons (Fsp3) is 0.889. The summed E-state index contributed by atoms with van der Waals surface area (Å²) in [5.74, 6) is 1.48. The molecule has 2 N–H and O–H groups in total. The van der Waals surface area contributed by atoms with Crippen molar-refractivity contribution in [3.05, 3.63) is 0 Å². The molecule has 0 atom stereocenters. The second-order valence-corrected chi connectivity index (χ2v) is 3.63. The lowest BCUT2D eigenvalue weighted by Crippen LogP contribution is -2.22. The molecule has 0 spiro atoms. The molecule has 1 saturated carbocycles. The van der Waals surface area contributed by atoms with Gasteiger partial charge in [-0.1, -0.05) is 12.8 Å². The summed E-state index contributed by atoms with van der Waals surface area (Å²) < 4.78 is 0. The molecule has 0 radical (unpaired) electrons. The Bertz CT molecular complexity index is 144. The van der Waals surface area contributed by atoms with Crippen molar-refractivity contribution in [2.45, 2.75) is 45.6 Å². The zero-order chi connectivity index (χ0) is 8.27. The lowest BCUT2D eigenvalue weighted by Gasteiger charge is -2.09. The van der Waals surface area contributed by atoms with Crippen LogP contribution >= 0.6 is 0 Å². The fourth-order valence-electron chi connectivity index (χ4n) is 1.63. The van der Waals surface area contributed by atoms with Gasteiger partial charge in [0.1, 0.15) is 0 Å². The number of hydrogen-bond acceptors (Lipinski definition) is 1. The van der Waals surface area contributed by atoms with Crippen molar-refractivity contribution in [2.24, 2.45) is 16.6 Å². The fourth-order valence-corrected chi connectivity index (χ4v) is 1.63. The molecular formula is C9H18N2. The zero-order valence-electron chi connectivity index (χ0n) is 7.51. The standard InChI is InChI=1S/C9H18N2/c1-7(2)11-9(10)8-5-3-4-6-8/h7-8H,3-6H2,1-2H3,(H2,10,11). The van der Waals surface area contributed by atoms with Crippen LogP contribution in [0, 0.1) is 5.92 Å². The van der Waals surface area contributed by atoms with Gasteiger partial charge in [0.25, 0.3) is 0 Å². The van der Waals surface area contributed by atoms with Gasteiger partial charge in [-0.2, -0.15) is 0 Å². The van der Waals surface area contributed by atoms with Crippen LogP contribution in [0.4, 0.5) is 0 Å². The molecule has 0 aromatic rings. The maximum atomic E-state index is 5.83. The minimum absolute atomic E-state index is 0.357. The third-order valence-corrected chi connectivity index (χ3v) is 2.18. The Labute approximate surface area is 68.9 Å². The average Bonchev–Trinajstić information content (AvgIpc) is 2.35. The van der Waals surface area contributed by atoms with Crippen LogP contribution in [0.1, 0.15) is 39.5 Å². The highest BCUT2D eigenvalue weighted by Gasteiger charge is 2.18. The van der Waals surface area contributed by atoms with E-state index in [1.54, 1.807) is 0 Å². The van der Waals surface area contributed by atoms with Crippen molar-refractivity contribution >= 4 is 5.84 Å². The summed E-state index contributed by atoms with van der Waals surface area (Å²) in [5.41, 5.74) is 5.83. The first-order chi connectivity index (χ1) is 5.20. The average molecular weight is 154 g/mol. The zero-order valence-corrected chi connectivity index (χ0v) is 7.51. The van der Waals surface area contributed by atoms with Gasteiger partial charge in [0.05, 0.1) is 5.84 Å². The molecule has 0 aliphatic heterocycles. The number of nitrogens with zero attached hydrogens (tertiary/aromatic N) is 1. The summed E-state index contributed by atoms with van der Waals surface area (Å²) in [5, 5.41) is 0. The first kappa shape index (κ1) is 8.57. The summed E-state index contributed by atoms with van der Waals surface area (Å²) in [4.78, 5) is 4.35. The first-order valence-electron chi connectivity index (χ1n) is 4.53. The number of amidine groups is 1. The third kappa shape index (κ3) is 2.52. The van der Waals surface area contributed by atoms with E-state index < -0.39 is 0 Å². The van der Waals surface area contributed by atoms with E-state index in [-0.39, 0.29) is 0 Å². The molecular weight excluding hydrogens is 136 g/mol. The quantitative estimate of drug-likeness (QED) is 0.479. The number of hydrogen-bond donors (Lipinski definition) is 1. The van der Waals surface area contributed by atoms with Crippen LogP contribution in [-0.4, -0.2) is 11.9 Å². The molecule has 0 heterocycles. The Balaban J connectivity index is 2.45. The highest BCUT2D eigenvalue weighted by Crippen LogP contribution is 2.24. The SMILES string of the molecule is CC(C)N=C(N)C1CCCC1. The third-order valence-electron chi connectivity index (χ3n) is 2.18. The Morgan fingerprint density at radius 2 is 1.91 bits per heavy atom. The lowest BCUT2D eigenvalue weighted by atomic mass is 10.1. The molecule has 1 aliphatic rings. The number of nitrogens with two attached hydrogens (primary N) is 1. The molecule has 64 valence electrons. The monoisotopic (exact) mass is 154 g/mol. The second-order valence-electron chi connectivity index (χ2n) is 3.63. The topological polar surface area (TPSA) is 38.4 Å². The van der Waals surface area contributed by atoms with Crippen LogP contribution in [0.15, 0.2) is 4.99 Å². The Morgan fingerprint density at radius 1 is 1.36 bits per heavy atom. The second kappa shape index (κ2) is 3.74. The molecule has 0 saturated heterocycles. The number of rotatable bonds is 2. The molecule has 1 fully saturated rings. The van der Waals surface area contributed by atoms with Gasteiger partial charge in [-0.25, -0.2) is 0 Å². The molecule has 1 rings (SSSR count). The largest absolute Gasteiger partial charge is 0.387 e. The van der Waals surface area contributed by atoms with Gasteiger partial charge in [-0.3, -0.25) is 4.99 Å². The predicted molar refractivity (Wildman–Crippen MR) is 48.7 cm³/mol. The highest BCUT2D eigenvalue weighted by molar-refractivity contribution is 5.83. The van der Waals surface area contributed by atoms with Crippen molar-refractivity contribution in [1.82, 2.24) is 0 Å². The lowest BCUT2D eigenvalue weighted by molar-refractivity contribution is 0.702. The summed E-state index contributed by atoms with van der Waals surface area (Å²) in [6.07, 6.45) is 5.17. The van der Waals surface area contributed by atoms with Gasteiger partial charge in [0.2, 0.25) is 0 Å². The van der Waals surface area contributed by atoms with Gasteiger partial charge < -0.3 is 5.73 Å². The van der Waals surface area contributed by atoms with Gasteiger partial charge >= 0.3 is 0 Å². The number of aliphatic imine (C=N–C) groups is 1. The molecule has 11 heavy (non-hydrogen) atoms. The van der Waals surface area contributed by atoms with E-state index in [2.05, 4.69) is 18.8 Å². The van der Waals surface area contributed by atoms with Crippen molar-refractivity contribution in [3.8, 4) is 0 Å². The van der Waals surface area contributed by atoms with E-state index in [1.807, 2.05) is 0 Å². The summed E-state index contributed by atoms with van der Waals surface area (Å²) in [6.45, 7) is 4.14. The van der Waals surface area contributed by atoms with E-state index in [0.717, 1.165) is 5.84 Å². The van der Waals surface area contributed by atoms with Gasteiger partial charge in [0, 0.05) is 12.0 Å². The highest BCUT2D eigenvalue weighted by atomic mass is 14.9. The maximum Gasteiger partial charge on any atom is 0.0971 e. The van der Waals surface area contributed by atoms with Crippen molar-refractivity contribution in [3.63, 3.8) is 0 Å². The molecule has 0 amide bonds. The molecule has 0 aromatic carbocycles. The summed E-state index contributed by atoms with van der Waals surface area (Å²) >= 11 is 0. The van der Waals surface area contributed by atoms with E-state index in [4.69, 9.17) is 5.73 Å². The molecule has 0 unspecified atom stereocenters. The van der Waals surface area contributed by atoms with Crippen molar-refractivity contribution in [1.29, 1.82) is 0 Å². The first-order valence-corrected chi connectivity index (χ1v) is 4.53. The Morgan fingerprint density at radius 3 is 2.36 bits per heavy atom. The van der Waals surface area contributed by atoms with Gasteiger partial charge in [-0.15, -0.1) is 0 Å². The van der Waals surface area contributed by atoms with Crippen LogP contribution in [-0.2, 0) is 0 Å². The van der Waals surface area contributed by atoms with E-state index >= 15 is 0 Å². The molecule has 1 aliphatic carbocycles. The van der Waals surface area contributed by atoms with E-state index in [9.17, 15) is 0 Å². The maximum absolute atomic E-state index is 5.83. The summed E-state index contributed by atoms with van der Waals surface area (Å²) in [6, 6.07) is 0.357. The molecule has 0 bridgehead atoms. The minimum Gasteiger partial charge on any atom is -0.387 e. The molecule has 2 nitrogen and oxygen atoms in total. The van der Waals surface area contributed by atoms with Crippen LogP contribution in [0.2, 0.25) is 0 Å². The van der Waals surface area contributed by atoms with Crippen LogP contribution in [0.25, 0.3) is 0 Å². The minimum atomic E-state index is 0.357. The molecule has 2 heteroatoms. The van der Waals surface area contributed by atoms with Crippen molar-refractivity contribution < 1.29 is 0 Å². The smallest absolute Gasteiger partial charge is 0.0971 e. The van der Waals surface area contributed by atoms with Crippen LogP contribution < -0.4 is 5.73 Å². The van der Waals surface area contributed by atoms with Crippen LogP contribution in [0.5, 0.6) is 0 Å². The Hall–Kier alpha value is -0.530. The molecule has 0 aromatic heterocycles. The van der Waals surface area contributed by atoms with E-state index in [1.165, 1.54) is 25.7 Å². The van der Waals surface area contributed by atoms with Gasteiger partial charge in [0.15, 0.2) is 0 Å². The predicted octanol–water partition coefficient (Wildman–Crippen LogP) is 1.94. The normalized spacial score (nSPS) is 21.5. The Kier molecular flexibility index (Phi) is 2.92.